The first kappa shape index (κ1) is 67.1. The quantitative estimate of drug-likeness (QED) is 0.0941. The molecule has 17 aromatic carbocycles. The fraction of sp³-hybridized carbons (Fsp3) is 0.113. The van der Waals surface area contributed by atoms with E-state index in [0.717, 1.165) is 118 Å². The summed E-state index contributed by atoms with van der Waals surface area (Å²) in [7, 11) is 0. The van der Waals surface area contributed by atoms with E-state index in [1.165, 1.54) is 82.1 Å². The molecule has 17 aromatic rings. The molecule has 0 aliphatic carbocycles. The topological polar surface area (TPSA) is 6.48 Å². The highest BCUT2D eigenvalue weighted by molar-refractivity contribution is 7.00. The van der Waals surface area contributed by atoms with Gasteiger partial charge in [0.1, 0.15) is 0 Å². The molecule has 109 heavy (non-hydrogen) atoms. The second-order valence-corrected chi connectivity index (χ2v) is 33.2. The molecule has 0 saturated carbocycles. The van der Waals surface area contributed by atoms with E-state index in [1.54, 1.807) is 0 Å². The molecule has 0 saturated heterocycles. The van der Waals surface area contributed by atoms with Crippen molar-refractivity contribution in [1.29, 1.82) is 0 Å². The van der Waals surface area contributed by atoms with Crippen molar-refractivity contribution in [3.8, 4) is 100 Å². The fourth-order valence-corrected chi connectivity index (χ4v) is 17.5. The molecule has 2 nitrogen and oxygen atoms in total. The van der Waals surface area contributed by atoms with Crippen LogP contribution in [-0.4, -0.2) is 6.71 Å². The molecule has 0 radical (unpaired) electrons. The van der Waals surface area contributed by atoms with Crippen LogP contribution in [0.5, 0.6) is 0 Å². The molecule has 3 heteroatoms. The van der Waals surface area contributed by atoms with Crippen LogP contribution in [0.25, 0.3) is 132 Å². The maximum atomic E-state index is 2.72. The van der Waals surface area contributed by atoms with Crippen molar-refractivity contribution < 1.29 is 0 Å². The first-order chi connectivity index (χ1) is 52.9. The molecule has 2 aliphatic rings. The van der Waals surface area contributed by atoms with E-state index in [1.807, 2.05) is 0 Å². The molecule has 0 N–H and O–H groups in total. The van der Waals surface area contributed by atoms with Crippen LogP contribution in [0.3, 0.4) is 0 Å². The average Bonchev–Trinajstić information content (AvgIpc) is 0.686. The highest BCUT2D eigenvalue weighted by atomic mass is 15.2. The second-order valence-electron chi connectivity index (χ2n) is 33.2. The van der Waals surface area contributed by atoms with Gasteiger partial charge in [0.25, 0.3) is 6.71 Å². The molecular formula is C106H85BN2. The Morgan fingerprint density at radius 2 is 0.532 bits per heavy atom. The van der Waals surface area contributed by atoms with Gasteiger partial charge in [0.15, 0.2) is 0 Å². The molecule has 0 fully saturated rings. The van der Waals surface area contributed by atoms with E-state index < -0.39 is 0 Å². The summed E-state index contributed by atoms with van der Waals surface area (Å²) in [4.78, 5) is 5.43. The lowest BCUT2D eigenvalue weighted by molar-refractivity contribution is 0.590. The van der Waals surface area contributed by atoms with Crippen molar-refractivity contribution in [3.05, 3.63) is 369 Å². The lowest BCUT2D eigenvalue weighted by Gasteiger charge is -2.46. The Balaban J connectivity index is 1.01. The van der Waals surface area contributed by atoms with E-state index in [9.17, 15) is 0 Å². The normalized spacial score (nSPS) is 12.8. The maximum Gasteiger partial charge on any atom is 0.252 e. The summed E-state index contributed by atoms with van der Waals surface area (Å²) in [6, 6.07) is 134. The van der Waals surface area contributed by atoms with Crippen molar-refractivity contribution >= 4 is 89.5 Å². The Labute approximate surface area is 642 Å². The number of rotatable bonds is 11. The van der Waals surface area contributed by atoms with Gasteiger partial charge in [-0.2, -0.15) is 0 Å². The molecule has 2 aliphatic heterocycles. The third-order valence-corrected chi connectivity index (χ3v) is 23.2. The van der Waals surface area contributed by atoms with Crippen LogP contribution < -0.4 is 26.2 Å². The van der Waals surface area contributed by atoms with Gasteiger partial charge in [0.2, 0.25) is 0 Å². The van der Waals surface area contributed by atoms with Crippen LogP contribution in [0.4, 0.5) is 34.1 Å². The van der Waals surface area contributed by atoms with Gasteiger partial charge in [-0.15, -0.1) is 0 Å². The molecule has 0 aromatic heterocycles. The van der Waals surface area contributed by atoms with E-state index in [-0.39, 0.29) is 23.0 Å². The smallest absolute Gasteiger partial charge is 0.252 e. The fourth-order valence-electron chi connectivity index (χ4n) is 17.5. The van der Waals surface area contributed by atoms with Gasteiger partial charge in [0.05, 0.1) is 11.4 Å². The number of nitrogens with zero attached hydrogens (tertiary/aromatic N) is 2. The van der Waals surface area contributed by atoms with Crippen LogP contribution in [0.15, 0.2) is 352 Å². The first-order valence-corrected chi connectivity index (χ1v) is 38.6. The van der Waals surface area contributed by atoms with Gasteiger partial charge < -0.3 is 9.80 Å². The average molecular weight is 1400 g/mol. The van der Waals surface area contributed by atoms with E-state index >= 15 is 0 Å². The zero-order valence-corrected chi connectivity index (χ0v) is 63.5. The summed E-state index contributed by atoms with van der Waals surface area (Å²) in [6.07, 6.45) is 0. The zero-order chi connectivity index (χ0) is 74.0. The molecule has 522 valence electrons. The van der Waals surface area contributed by atoms with Crippen LogP contribution >= 0.6 is 0 Å². The molecule has 0 spiro atoms. The summed E-state index contributed by atoms with van der Waals surface area (Å²) in [5.74, 6) is 0. The Bertz CT molecular complexity index is 6210. The Kier molecular flexibility index (Phi) is 16.1. The molecule has 19 rings (SSSR count). The highest BCUT2D eigenvalue weighted by Crippen LogP contribution is 2.56. The van der Waals surface area contributed by atoms with Crippen molar-refractivity contribution in [2.24, 2.45) is 0 Å². The van der Waals surface area contributed by atoms with Crippen LogP contribution in [-0.2, 0) is 16.2 Å². The van der Waals surface area contributed by atoms with Gasteiger partial charge in [-0.3, -0.25) is 0 Å². The summed E-state index contributed by atoms with van der Waals surface area (Å²) in [5.41, 5.74) is 34.8. The van der Waals surface area contributed by atoms with Crippen LogP contribution in [0.2, 0.25) is 0 Å². The Morgan fingerprint density at radius 1 is 0.211 bits per heavy atom. The Morgan fingerprint density at radius 3 is 0.936 bits per heavy atom. The van der Waals surface area contributed by atoms with Gasteiger partial charge in [-0.05, 0) is 220 Å². The third-order valence-electron chi connectivity index (χ3n) is 23.2. The molecule has 0 amide bonds. The standard InChI is InChI=1S/C106H85BN2/c1-104(2,3)84-51-47-71(48-52-84)82-65-97-101-98(66-82)109(103-90(74-41-27-15-28-42-74)60-81(70-35-21-12-22-36-70)61-91(103)75-43-29-16-30-44-75)96-54-50-77(87-62-83-57-85(105(4,5)6)55-78-45-46-79-56-86(106(7,8)9)67-92(87)100(79)99(78)83)64-94(96)107(101)93-63-76(68-31-17-10-18-32-68)49-53-95(93)108(97)102-88(72-37-23-13-24-38-72)58-80(69-33-19-11-20-34-69)59-89(102)73-39-25-14-26-40-73/h10-67H,1-9H3. The van der Waals surface area contributed by atoms with Gasteiger partial charge in [-0.1, -0.05) is 353 Å². The number of hydrogen-bond donors (Lipinski definition) is 0. The summed E-state index contributed by atoms with van der Waals surface area (Å²) in [6.45, 7) is 20.8. The number of benzene rings is 17. The minimum Gasteiger partial charge on any atom is -0.310 e. The van der Waals surface area contributed by atoms with Crippen LogP contribution in [0.1, 0.15) is 79.0 Å². The Hall–Kier alpha value is -12.6. The van der Waals surface area contributed by atoms with E-state index in [2.05, 4.69) is 424 Å². The lowest BCUT2D eigenvalue weighted by Crippen LogP contribution is -2.61. The monoisotopic (exact) mass is 1400 g/mol. The van der Waals surface area contributed by atoms with Crippen molar-refractivity contribution in [3.63, 3.8) is 0 Å². The maximum absolute atomic E-state index is 2.72. The third kappa shape index (κ3) is 11.7. The van der Waals surface area contributed by atoms with Gasteiger partial charge in [-0.25, -0.2) is 0 Å². The number of anilines is 6. The number of fused-ring (bicyclic) bond motifs is 4. The summed E-state index contributed by atoms with van der Waals surface area (Å²) >= 11 is 0. The second kappa shape index (κ2) is 26.1. The van der Waals surface area contributed by atoms with Crippen molar-refractivity contribution in [1.82, 2.24) is 0 Å². The van der Waals surface area contributed by atoms with Crippen molar-refractivity contribution in [2.75, 3.05) is 9.80 Å². The summed E-state index contributed by atoms with van der Waals surface area (Å²) in [5, 5.41) is 7.74. The van der Waals surface area contributed by atoms with E-state index in [0.29, 0.717) is 0 Å². The van der Waals surface area contributed by atoms with E-state index in [4.69, 9.17) is 0 Å². The molecular weight excluding hydrogens is 1310 g/mol. The SMILES string of the molecule is CC(C)(C)c1ccc(-c2cc3c4c(c2)N(c2c(-c5ccccc5)cc(-c5ccccc5)cc2-c2ccccc2)c2ccc(-c5cc6cc(C(C)(C)C)cc7ccc8cc(C(C)(C)C)cc5c8c76)cc2B4c2cc(-c4ccccc4)ccc2N3c2c(-c3ccccc3)cc(-c3ccccc3)cc2-c2ccccc2)cc1. The predicted molar refractivity (Wildman–Crippen MR) is 469 cm³/mol. The van der Waals surface area contributed by atoms with Gasteiger partial charge >= 0.3 is 0 Å². The highest BCUT2D eigenvalue weighted by Gasteiger charge is 2.46. The largest absolute Gasteiger partial charge is 0.310 e. The van der Waals surface area contributed by atoms with Crippen molar-refractivity contribution in [2.45, 2.75) is 78.6 Å². The minimum atomic E-state index is -0.301. The van der Waals surface area contributed by atoms with Gasteiger partial charge in [0, 0.05) is 45.0 Å². The molecule has 0 atom stereocenters. The summed E-state index contributed by atoms with van der Waals surface area (Å²) < 4.78 is 0. The first-order valence-electron chi connectivity index (χ1n) is 38.6. The molecule has 0 bridgehead atoms. The molecule has 0 unspecified atom stereocenters. The molecule has 2 heterocycles. The number of hydrogen-bond acceptors (Lipinski definition) is 2. The minimum absolute atomic E-state index is 0.0611. The predicted octanol–water partition coefficient (Wildman–Crippen LogP) is 27.6. The zero-order valence-electron chi connectivity index (χ0n) is 63.5. The van der Waals surface area contributed by atoms with Crippen LogP contribution in [0, 0.1) is 0 Å². The lowest BCUT2D eigenvalue weighted by atomic mass is 9.33.